The van der Waals surface area contributed by atoms with Crippen LogP contribution in [0.5, 0.6) is 5.75 Å². The van der Waals surface area contributed by atoms with E-state index in [9.17, 15) is 0 Å². The zero-order valence-corrected chi connectivity index (χ0v) is 13.2. The molecule has 1 saturated heterocycles. The number of rotatable bonds is 8. The summed E-state index contributed by atoms with van der Waals surface area (Å²) in [7, 11) is 0. The lowest BCUT2D eigenvalue weighted by atomic mass is 10.2. The Hall–Kier alpha value is -1.33. The maximum Gasteiger partial charge on any atom is 0.171 e. The molecule has 1 atom stereocenters. The summed E-state index contributed by atoms with van der Waals surface area (Å²) in [5.74, 6) is 1.82. The molecule has 1 aromatic rings. The van der Waals surface area contributed by atoms with E-state index >= 15 is 0 Å². The van der Waals surface area contributed by atoms with Crippen LogP contribution in [0.2, 0.25) is 0 Å². The molecule has 0 radical (unpaired) electrons. The van der Waals surface area contributed by atoms with Gasteiger partial charge in [0.15, 0.2) is 11.6 Å². The molecule has 1 aliphatic heterocycles. The lowest BCUT2D eigenvalue weighted by molar-refractivity contribution is 0.0930. The van der Waals surface area contributed by atoms with Crippen LogP contribution in [0.4, 0.5) is 5.82 Å². The van der Waals surface area contributed by atoms with E-state index in [1.54, 1.807) is 0 Å². The average Bonchev–Trinajstić information content (AvgIpc) is 2.54. The molecule has 5 nitrogen and oxygen atoms in total. The Morgan fingerprint density at radius 3 is 3.14 bits per heavy atom. The van der Waals surface area contributed by atoms with Crippen molar-refractivity contribution in [1.82, 2.24) is 10.3 Å². The van der Waals surface area contributed by atoms with Gasteiger partial charge < -0.3 is 19.7 Å². The second kappa shape index (κ2) is 8.85. The van der Waals surface area contributed by atoms with Gasteiger partial charge in [-0.2, -0.15) is 0 Å². The maximum absolute atomic E-state index is 5.85. The van der Waals surface area contributed by atoms with Crippen LogP contribution >= 0.6 is 0 Å². The van der Waals surface area contributed by atoms with Crippen molar-refractivity contribution in [3.05, 3.63) is 18.3 Å². The second-order valence-electron chi connectivity index (χ2n) is 5.30. The Balaban J connectivity index is 2.09. The van der Waals surface area contributed by atoms with Gasteiger partial charge in [-0.25, -0.2) is 4.98 Å². The lowest BCUT2D eigenvalue weighted by Crippen LogP contribution is -2.51. The summed E-state index contributed by atoms with van der Waals surface area (Å²) < 4.78 is 11.5. The monoisotopic (exact) mass is 293 g/mol. The van der Waals surface area contributed by atoms with Crippen molar-refractivity contribution in [2.45, 2.75) is 32.7 Å². The van der Waals surface area contributed by atoms with Crippen LogP contribution in [0.3, 0.4) is 0 Å². The van der Waals surface area contributed by atoms with Crippen LogP contribution in [-0.4, -0.2) is 50.5 Å². The molecule has 1 fully saturated rings. The van der Waals surface area contributed by atoms with Crippen LogP contribution in [0, 0.1) is 0 Å². The van der Waals surface area contributed by atoms with Crippen LogP contribution in [0.25, 0.3) is 0 Å². The minimum atomic E-state index is 0.309. The molecule has 0 bridgehead atoms. The van der Waals surface area contributed by atoms with Gasteiger partial charge >= 0.3 is 0 Å². The first kappa shape index (κ1) is 16.0. The van der Waals surface area contributed by atoms with Gasteiger partial charge in [-0.05, 0) is 31.5 Å². The zero-order chi connectivity index (χ0) is 14.9. The highest BCUT2D eigenvalue weighted by molar-refractivity contribution is 5.53. The molecule has 1 aromatic heterocycles. The quantitative estimate of drug-likeness (QED) is 0.744. The molecule has 2 rings (SSSR count). The molecule has 0 aromatic carbocycles. The Labute approximate surface area is 127 Å². The molecule has 118 valence electrons. The van der Waals surface area contributed by atoms with Gasteiger partial charge in [0.25, 0.3) is 0 Å². The molecule has 1 N–H and O–H groups in total. The smallest absolute Gasteiger partial charge is 0.171 e. The SMILES string of the molecule is CCCNCC1COCCN1c1ncccc1OCCC. The summed E-state index contributed by atoms with van der Waals surface area (Å²) in [6, 6.07) is 4.24. The third kappa shape index (κ3) is 4.58. The second-order valence-corrected chi connectivity index (χ2v) is 5.30. The van der Waals surface area contributed by atoms with Gasteiger partial charge in [-0.3, -0.25) is 0 Å². The summed E-state index contributed by atoms with van der Waals surface area (Å²) in [5.41, 5.74) is 0. The van der Waals surface area contributed by atoms with Gasteiger partial charge in [-0.15, -0.1) is 0 Å². The zero-order valence-electron chi connectivity index (χ0n) is 13.2. The van der Waals surface area contributed by atoms with E-state index < -0.39 is 0 Å². The molecular formula is C16H27N3O2. The van der Waals surface area contributed by atoms with Crippen molar-refractivity contribution in [2.24, 2.45) is 0 Å². The van der Waals surface area contributed by atoms with Gasteiger partial charge in [0.1, 0.15) is 0 Å². The number of aromatic nitrogens is 1. The molecular weight excluding hydrogens is 266 g/mol. The van der Waals surface area contributed by atoms with Crippen LogP contribution < -0.4 is 15.0 Å². The first-order chi connectivity index (χ1) is 10.4. The molecule has 2 heterocycles. The fourth-order valence-electron chi connectivity index (χ4n) is 2.47. The number of nitrogens with one attached hydrogen (secondary N) is 1. The van der Waals surface area contributed by atoms with Gasteiger partial charge in [0.2, 0.25) is 0 Å². The Morgan fingerprint density at radius 1 is 1.43 bits per heavy atom. The van der Waals surface area contributed by atoms with E-state index in [4.69, 9.17) is 9.47 Å². The van der Waals surface area contributed by atoms with Crippen molar-refractivity contribution < 1.29 is 9.47 Å². The summed E-state index contributed by atoms with van der Waals surface area (Å²) in [6.45, 7) is 9.30. The standard InChI is InChI=1S/C16H27N3O2/c1-3-7-17-12-14-13-20-11-9-19(14)16-15(21-10-4-2)6-5-8-18-16/h5-6,8,14,17H,3-4,7,9-13H2,1-2H3. The van der Waals surface area contributed by atoms with Crippen molar-refractivity contribution >= 4 is 5.82 Å². The Kier molecular flexibility index (Phi) is 6.76. The summed E-state index contributed by atoms with van der Waals surface area (Å²) >= 11 is 0. The van der Waals surface area contributed by atoms with E-state index in [1.807, 2.05) is 18.3 Å². The molecule has 0 aliphatic carbocycles. The first-order valence-corrected chi connectivity index (χ1v) is 7.99. The molecule has 5 heteroatoms. The topological polar surface area (TPSA) is 46.6 Å². The number of morpholine rings is 1. The highest BCUT2D eigenvalue weighted by atomic mass is 16.5. The van der Waals surface area contributed by atoms with E-state index in [0.717, 1.165) is 63.9 Å². The van der Waals surface area contributed by atoms with E-state index in [1.165, 1.54) is 0 Å². The van der Waals surface area contributed by atoms with E-state index in [-0.39, 0.29) is 0 Å². The Bertz CT molecular complexity index is 414. The fourth-order valence-corrected chi connectivity index (χ4v) is 2.47. The average molecular weight is 293 g/mol. The molecule has 21 heavy (non-hydrogen) atoms. The normalized spacial score (nSPS) is 18.8. The number of anilines is 1. The molecule has 0 amide bonds. The molecule has 0 spiro atoms. The van der Waals surface area contributed by atoms with Crippen LogP contribution in [0.15, 0.2) is 18.3 Å². The highest BCUT2D eigenvalue weighted by Gasteiger charge is 2.26. The summed E-state index contributed by atoms with van der Waals surface area (Å²) in [4.78, 5) is 6.87. The predicted octanol–water partition coefficient (Wildman–Crippen LogP) is 2.08. The predicted molar refractivity (Wildman–Crippen MR) is 85.1 cm³/mol. The van der Waals surface area contributed by atoms with Crippen molar-refractivity contribution in [3.63, 3.8) is 0 Å². The van der Waals surface area contributed by atoms with Crippen molar-refractivity contribution in [1.29, 1.82) is 0 Å². The minimum absolute atomic E-state index is 0.309. The van der Waals surface area contributed by atoms with E-state index in [0.29, 0.717) is 6.04 Å². The largest absolute Gasteiger partial charge is 0.490 e. The van der Waals surface area contributed by atoms with Crippen LogP contribution in [0.1, 0.15) is 26.7 Å². The van der Waals surface area contributed by atoms with Crippen molar-refractivity contribution in [3.8, 4) is 5.75 Å². The maximum atomic E-state index is 5.85. The highest BCUT2D eigenvalue weighted by Crippen LogP contribution is 2.28. The van der Waals surface area contributed by atoms with Gasteiger partial charge in [0, 0.05) is 19.3 Å². The number of hydrogen-bond donors (Lipinski definition) is 1. The van der Waals surface area contributed by atoms with Crippen molar-refractivity contribution in [2.75, 3.05) is 44.4 Å². The van der Waals surface area contributed by atoms with Gasteiger partial charge in [0.05, 0.1) is 25.9 Å². The third-order valence-corrected chi connectivity index (χ3v) is 3.52. The third-order valence-electron chi connectivity index (χ3n) is 3.52. The fraction of sp³-hybridized carbons (Fsp3) is 0.688. The molecule has 1 unspecified atom stereocenters. The number of pyridine rings is 1. The van der Waals surface area contributed by atoms with E-state index in [2.05, 4.69) is 29.0 Å². The molecule has 1 aliphatic rings. The van der Waals surface area contributed by atoms with Crippen LogP contribution in [-0.2, 0) is 4.74 Å². The summed E-state index contributed by atoms with van der Waals surface area (Å²) in [6.07, 6.45) is 3.97. The minimum Gasteiger partial charge on any atom is -0.490 e. The number of ether oxygens (including phenoxy) is 2. The summed E-state index contributed by atoms with van der Waals surface area (Å²) in [5, 5.41) is 3.48. The first-order valence-electron chi connectivity index (χ1n) is 7.99. The van der Waals surface area contributed by atoms with Gasteiger partial charge in [-0.1, -0.05) is 13.8 Å². The number of nitrogens with zero attached hydrogens (tertiary/aromatic N) is 2. The lowest BCUT2D eigenvalue weighted by Gasteiger charge is -2.37. The Morgan fingerprint density at radius 2 is 2.33 bits per heavy atom. The molecule has 0 saturated carbocycles. The number of hydrogen-bond acceptors (Lipinski definition) is 5.